The molecule has 1 saturated heterocycles. The molecule has 0 bridgehead atoms. The van der Waals surface area contributed by atoms with Gasteiger partial charge in [-0.05, 0) is 50.2 Å². The summed E-state index contributed by atoms with van der Waals surface area (Å²) in [6.07, 6.45) is 0.184. The molecule has 0 N–H and O–H groups in total. The molecule has 1 aliphatic rings. The van der Waals surface area contributed by atoms with Crippen LogP contribution in [0.15, 0.2) is 54.6 Å². The second-order valence-corrected chi connectivity index (χ2v) is 6.31. The van der Waals surface area contributed by atoms with Crippen molar-refractivity contribution in [2.45, 2.75) is 20.0 Å². The van der Waals surface area contributed by atoms with Gasteiger partial charge in [-0.3, -0.25) is 4.79 Å². The van der Waals surface area contributed by atoms with Crippen LogP contribution in [0.25, 0.3) is 0 Å². The Morgan fingerprint density at radius 1 is 0.917 bits per heavy atom. The summed E-state index contributed by atoms with van der Waals surface area (Å²) in [5, 5.41) is 0. The zero-order valence-corrected chi connectivity index (χ0v) is 14.3. The highest BCUT2D eigenvalue weighted by Gasteiger charge is 2.22. The van der Waals surface area contributed by atoms with Crippen molar-refractivity contribution in [2.24, 2.45) is 0 Å². The van der Waals surface area contributed by atoms with Crippen LogP contribution in [0.2, 0.25) is 0 Å². The average molecular weight is 324 g/mol. The van der Waals surface area contributed by atoms with Crippen LogP contribution >= 0.6 is 0 Å². The number of anilines is 1. The van der Waals surface area contributed by atoms with Crippen LogP contribution < -0.4 is 9.64 Å². The van der Waals surface area contributed by atoms with Gasteiger partial charge in [-0.15, -0.1) is 0 Å². The molecule has 2 aromatic rings. The summed E-state index contributed by atoms with van der Waals surface area (Å²) in [6.45, 7) is 7.25. The van der Waals surface area contributed by atoms with Crippen LogP contribution in [0.3, 0.4) is 0 Å². The first-order valence-electron chi connectivity index (χ1n) is 8.49. The van der Waals surface area contributed by atoms with Crippen molar-refractivity contribution in [1.82, 2.24) is 4.90 Å². The number of carbonyl (C=O) groups is 1. The number of nitrogens with zero attached hydrogens (tertiary/aromatic N) is 2. The largest absolute Gasteiger partial charge is 0.491 e. The molecular weight excluding hydrogens is 300 g/mol. The number of amides is 1. The van der Waals surface area contributed by atoms with E-state index in [9.17, 15) is 4.79 Å². The first kappa shape index (κ1) is 16.4. The molecule has 4 heteroatoms. The van der Waals surface area contributed by atoms with Gasteiger partial charge in [0.15, 0.2) is 0 Å². The third-order valence-electron chi connectivity index (χ3n) is 4.16. The zero-order valence-electron chi connectivity index (χ0n) is 14.3. The number of piperazine rings is 1. The molecule has 126 valence electrons. The second-order valence-electron chi connectivity index (χ2n) is 6.31. The molecule has 2 aromatic carbocycles. The number of benzene rings is 2. The molecule has 0 unspecified atom stereocenters. The molecule has 0 aliphatic carbocycles. The van der Waals surface area contributed by atoms with E-state index in [0.29, 0.717) is 0 Å². The zero-order chi connectivity index (χ0) is 16.9. The van der Waals surface area contributed by atoms with Crippen LogP contribution in [0.1, 0.15) is 24.2 Å². The highest BCUT2D eigenvalue weighted by molar-refractivity contribution is 5.94. The van der Waals surface area contributed by atoms with Gasteiger partial charge in [0.25, 0.3) is 5.91 Å². The number of rotatable bonds is 4. The van der Waals surface area contributed by atoms with Gasteiger partial charge in [0.1, 0.15) is 5.75 Å². The molecule has 0 radical (unpaired) electrons. The summed E-state index contributed by atoms with van der Waals surface area (Å²) in [6, 6.07) is 17.7. The van der Waals surface area contributed by atoms with Crippen LogP contribution in [0, 0.1) is 0 Å². The normalized spacial score (nSPS) is 14.8. The van der Waals surface area contributed by atoms with Gasteiger partial charge >= 0.3 is 0 Å². The molecule has 24 heavy (non-hydrogen) atoms. The first-order valence-corrected chi connectivity index (χ1v) is 8.49. The first-order chi connectivity index (χ1) is 11.6. The number of hydrogen-bond donors (Lipinski definition) is 0. The van der Waals surface area contributed by atoms with Gasteiger partial charge in [-0.2, -0.15) is 0 Å². The fraction of sp³-hybridized carbons (Fsp3) is 0.350. The predicted molar refractivity (Wildman–Crippen MR) is 96.8 cm³/mol. The van der Waals surface area contributed by atoms with E-state index < -0.39 is 0 Å². The molecule has 0 saturated carbocycles. The molecule has 3 rings (SSSR count). The van der Waals surface area contributed by atoms with Crippen molar-refractivity contribution in [1.29, 1.82) is 0 Å². The van der Waals surface area contributed by atoms with E-state index in [4.69, 9.17) is 4.74 Å². The number of carbonyl (C=O) groups excluding carboxylic acids is 1. The Kier molecular flexibility index (Phi) is 5.04. The molecular formula is C20H24N2O2. The maximum Gasteiger partial charge on any atom is 0.253 e. The fourth-order valence-electron chi connectivity index (χ4n) is 2.94. The van der Waals surface area contributed by atoms with E-state index in [1.54, 1.807) is 0 Å². The van der Waals surface area contributed by atoms with Crippen molar-refractivity contribution in [3.05, 3.63) is 60.2 Å². The molecule has 0 atom stereocenters. The van der Waals surface area contributed by atoms with Gasteiger partial charge in [-0.1, -0.05) is 18.2 Å². The lowest BCUT2D eigenvalue weighted by molar-refractivity contribution is 0.0747. The van der Waals surface area contributed by atoms with Crippen molar-refractivity contribution < 1.29 is 9.53 Å². The lowest BCUT2D eigenvalue weighted by Crippen LogP contribution is -2.48. The van der Waals surface area contributed by atoms with Gasteiger partial charge in [0.2, 0.25) is 0 Å². The maximum absolute atomic E-state index is 12.5. The van der Waals surface area contributed by atoms with Gasteiger partial charge in [0, 0.05) is 37.4 Å². The van der Waals surface area contributed by atoms with Crippen LogP contribution in [-0.2, 0) is 0 Å². The van der Waals surface area contributed by atoms with E-state index >= 15 is 0 Å². The fourth-order valence-corrected chi connectivity index (χ4v) is 2.94. The van der Waals surface area contributed by atoms with Crippen molar-refractivity contribution in [3.63, 3.8) is 0 Å². The summed E-state index contributed by atoms with van der Waals surface area (Å²) in [5.41, 5.74) is 1.94. The van der Waals surface area contributed by atoms with Gasteiger partial charge < -0.3 is 14.5 Å². The Morgan fingerprint density at radius 3 is 2.12 bits per heavy atom. The third-order valence-corrected chi connectivity index (χ3v) is 4.16. The van der Waals surface area contributed by atoms with E-state index in [2.05, 4.69) is 17.0 Å². The smallest absolute Gasteiger partial charge is 0.253 e. The molecule has 1 heterocycles. The molecule has 0 spiro atoms. The van der Waals surface area contributed by atoms with Crippen LogP contribution in [0.5, 0.6) is 5.75 Å². The lowest BCUT2D eigenvalue weighted by atomic mass is 10.1. The molecule has 1 fully saturated rings. The van der Waals surface area contributed by atoms with Crippen molar-refractivity contribution in [3.8, 4) is 5.75 Å². The lowest BCUT2D eigenvalue weighted by Gasteiger charge is -2.36. The van der Waals surface area contributed by atoms with E-state index in [1.165, 1.54) is 5.69 Å². The minimum atomic E-state index is 0.121. The summed E-state index contributed by atoms with van der Waals surface area (Å²) in [5.74, 6) is 1.02. The van der Waals surface area contributed by atoms with Gasteiger partial charge in [0.05, 0.1) is 6.10 Å². The minimum absolute atomic E-state index is 0.121. The quantitative estimate of drug-likeness (QED) is 0.864. The Bertz CT molecular complexity index is 660. The van der Waals surface area contributed by atoms with Gasteiger partial charge in [-0.25, -0.2) is 0 Å². The summed E-state index contributed by atoms with van der Waals surface area (Å²) in [4.78, 5) is 16.7. The summed E-state index contributed by atoms with van der Waals surface area (Å²) < 4.78 is 5.68. The highest BCUT2D eigenvalue weighted by atomic mass is 16.5. The van der Waals surface area contributed by atoms with Crippen molar-refractivity contribution >= 4 is 11.6 Å². The Labute approximate surface area is 143 Å². The van der Waals surface area contributed by atoms with E-state index in [1.807, 2.05) is 61.2 Å². The second kappa shape index (κ2) is 7.39. The minimum Gasteiger partial charge on any atom is -0.491 e. The van der Waals surface area contributed by atoms with E-state index in [0.717, 1.165) is 37.5 Å². The molecule has 4 nitrogen and oxygen atoms in total. The highest BCUT2D eigenvalue weighted by Crippen LogP contribution is 2.22. The Balaban J connectivity index is 1.58. The predicted octanol–water partition coefficient (Wildman–Crippen LogP) is 3.44. The maximum atomic E-state index is 12.5. The SMILES string of the molecule is CC(C)Oc1ccc(N2CCN(C(=O)c3ccccc3)CC2)cc1. The van der Waals surface area contributed by atoms with Crippen LogP contribution in [-0.4, -0.2) is 43.1 Å². The average Bonchev–Trinajstić information content (AvgIpc) is 2.62. The summed E-state index contributed by atoms with van der Waals surface area (Å²) in [7, 11) is 0. The van der Waals surface area contributed by atoms with Crippen LogP contribution in [0.4, 0.5) is 5.69 Å². The molecule has 0 aromatic heterocycles. The van der Waals surface area contributed by atoms with E-state index in [-0.39, 0.29) is 12.0 Å². The monoisotopic (exact) mass is 324 g/mol. The molecule has 1 amide bonds. The Morgan fingerprint density at radius 2 is 1.54 bits per heavy atom. The van der Waals surface area contributed by atoms with Crippen molar-refractivity contribution in [2.75, 3.05) is 31.1 Å². The summed E-state index contributed by atoms with van der Waals surface area (Å²) >= 11 is 0. The Hall–Kier alpha value is -2.49. The molecule has 1 aliphatic heterocycles. The standard InChI is InChI=1S/C20H24N2O2/c1-16(2)24-19-10-8-18(9-11-19)21-12-14-22(15-13-21)20(23)17-6-4-3-5-7-17/h3-11,16H,12-15H2,1-2H3. The number of ether oxygens (including phenoxy) is 1. The topological polar surface area (TPSA) is 32.8 Å². The number of hydrogen-bond acceptors (Lipinski definition) is 3. The third kappa shape index (κ3) is 3.88.